The van der Waals surface area contributed by atoms with E-state index in [9.17, 15) is 0 Å². The van der Waals surface area contributed by atoms with Gasteiger partial charge in [-0.3, -0.25) is 0 Å². The van der Waals surface area contributed by atoms with Crippen LogP contribution in [0.3, 0.4) is 0 Å². The Morgan fingerprint density at radius 1 is 0.404 bits per heavy atom. The van der Waals surface area contributed by atoms with Gasteiger partial charge in [0, 0.05) is 38.7 Å². The molecule has 2 heteroatoms. The molecular formula is C45H27NO. The predicted molar refractivity (Wildman–Crippen MR) is 193 cm³/mol. The summed E-state index contributed by atoms with van der Waals surface area (Å²) in [5.41, 5.74) is 10.6. The lowest BCUT2D eigenvalue weighted by molar-refractivity contribution is 0.437. The van der Waals surface area contributed by atoms with Crippen molar-refractivity contribution in [3.63, 3.8) is 0 Å². The second kappa shape index (κ2) is 8.99. The molecule has 0 amide bonds. The van der Waals surface area contributed by atoms with Crippen molar-refractivity contribution in [2.45, 2.75) is 5.41 Å². The molecule has 9 aromatic rings. The van der Waals surface area contributed by atoms with Crippen LogP contribution in [0.15, 0.2) is 164 Å². The number of ether oxygens (including phenoxy) is 1. The van der Waals surface area contributed by atoms with Crippen LogP contribution in [0.5, 0.6) is 11.5 Å². The van der Waals surface area contributed by atoms with E-state index in [2.05, 4.69) is 168 Å². The van der Waals surface area contributed by atoms with Gasteiger partial charge in [0.1, 0.15) is 11.5 Å². The average Bonchev–Trinajstić information content (AvgIpc) is 3.61. The number of aromatic nitrogens is 1. The molecule has 0 saturated carbocycles. The molecule has 11 rings (SSSR count). The maximum absolute atomic E-state index is 6.95. The molecule has 2 aliphatic rings. The fraction of sp³-hybridized carbons (Fsp3) is 0.0222. The van der Waals surface area contributed by atoms with E-state index in [1.54, 1.807) is 0 Å². The Morgan fingerprint density at radius 3 is 1.81 bits per heavy atom. The van der Waals surface area contributed by atoms with Crippen LogP contribution in [0.4, 0.5) is 0 Å². The molecule has 0 N–H and O–H groups in total. The number of nitrogens with zero attached hydrogens (tertiary/aromatic N) is 1. The van der Waals surface area contributed by atoms with Crippen LogP contribution in [0.25, 0.3) is 60.2 Å². The van der Waals surface area contributed by atoms with Gasteiger partial charge in [-0.15, -0.1) is 0 Å². The largest absolute Gasteiger partial charge is 0.457 e. The van der Waals surface area contributed by atoms with Gasteiger partial charge in [-0.25, -0.2) is 0 Å². The van der Waals surface area contributed by atoms with Crippen LogP contribution in [-0.4, -0.2) is 4.57 Å². The van der Waals surface area contributed by atoms with Gasteiger partial charge in [-0.1, -0.05) is 140 Å². The zero-order valence-corrected chi connectivity index (χ0v) is 25.4. The van der Waals surface area contributed by atoms with Crippen molar-refractivity contribution in [2.75, 3.05) is 0 Å². The quantitative estimate of drug-likeness (QED) is 0.184. The van der Waals surface area contributed by atoms with Crippen molar-refractivity contribution in [1.29, 1.82) is 0 Å². The standard InChI is InChI=1S/C45H27NO/c1-3-15-30-28(12-1)14-11-22-40(30)46-41-27-43-39(26-35(41)34-25-24-29-13-2-4-16-31(29)44(34)46)45(38-21-9-10-23-42(38)47-43)36-19-7-5-17-32(36)33-18-6-8-20-37(33)45/h1-27H. The van der Waals surface area contributed by atoms with Gasteiger partial charge in [0.2, 0.25) is 0 Å². The number of para-hydroxylation sites is 1. The summed E-state index contributed by atoms with van der Waals surface area (Å²) in [6.07, 6.45) is 0. The molecule has 2 heterocycles. The van der Waals surface area contributed by atoms with Crippen molar-refractivity contribution >= 4 is 43.4 Å². The van der Waals surface area contributed by atoms with E-state index in [1.165, 1.54) is 76.9 Å². The fourth-order valence-electron chi connectivity index (χ4n) is 8.78. The van der Waals surface area contributed by atoms with Crippen LogP contribution in [-0.2, 0) is 5.41 Å². The summed E-state index contributed by atoms with van der Waals surface area (Å²) in [5.74, 6) is 1.81. The molecule has 0 bridgehead atoms. The minimum absolute atomic E-state index is 0.504. The molecule has 0 fully saturated rings. The lowest BCUT2D eigenvalue weighted by atomic mass is 9.66. The van der Waals surface area contributed by atoms with E-state index in [-0.39, 0.29) is 0 Å². The van der Waals surface area contributed by atoms with Crippen LogP contribution < -0.4 is 4.74 Å². The van der Waals surface area contributed by atoms with E-state index in [0.29, 0.717) is 0 Å². The number of fused-ring (bicyclic) bond motifs is 15. The summed E-state index contributed by atoms with van der Waals surface area (Å²) in [4.78, 5) is 0. The molecule has 0 unspecified atom stereocenters. The molecule has 0 radical (unpaired) electrons. The molecule has 218 valence electrons. The van der Waals surface area contributed by atoms with Crippen LogP contribution in [0.2, 0.25) is 0 Å². The lowest BCUT2D eigenvalue weighted by Crippen LogP contribution is -2.32. The summed E-state index contributed by atoms with van der Waals surface area (Å²) >= 11 is 0. The first-order valence-corrected chi connectivity index (χ1v) is 16.3. The zero-order chi connectivity index (χ0) is 30.7. The minimum atomic E-state index is -0.504. The van der Waals surface area contributed by atoms with Crippen molar-refractivity contribution in [3.05, 3.63) is 186 Å². The summed E-state index contributed by atoms with van der Waals surface area (Å²) < 4.78 is 9.43. The molecule has 8 aromatic carbocycles. The van der Waals surface area contributed by atoms with Crippen molar-refractivity contribution < 1.29 is 4.74 Å². The predicted octanol–water partition coefficient (Wildman–Crippen LogP) is 11.6. The molecule has 2 nitrogen and oxygen atoms in total. The van der Waals surface area contributed by atoms with E-state index in [0.717, 1.165) is 17.0 Å². The van der Waals surface area contributed by atoms with Gasteiger partial charge < -0.3 is 9.30 Å². The number of benzene rings is 8. The van der Waals surface area contributed by atoms with Crippen molar-refractivity contribution in [2.24, 2.45) is 0 Å². The molecule has 1 spiro atoms. The van der Waals surface area contributed by atoms with Crippen LogP contribution >= 0.6 is 0 Å². The van der Waals surface area contributed by atoms with Crippen LogP contribution in [0, 0.1) is 0 Å². The Labute approximate surface area is 271 Å². The molecule has 0 atom stereocenters. The Bertz CT molecular complexity index is 2730. The molecule has 0 saturated heterocycles. The summed E-state index contributed by atoms with van der Waals surface area (Å²) in [7, 11) is 0. The SMILES string of the molecule is c1ccc2c(c1)Oc1cc3c(cc1C21c2ccccc2-c2ccccc21)c1ccc2ccccc2c1n3-c1cccc2ccccc12. The first-order chi connectivity index (χ1) is 23.3. The third-order valence-corrected chi connectivity index (χ3v) is 10.6. The molecule has 1 aromatic heterocycles. The number of hydrogen-bond donors (Lipinski definition) is 0. The van der Waals surface area contributed by atoms with Crippen molar-refractivity contribution in [1.82, 2.24) is 4.57 Å². The smallest absolute Gasteiger partial charge is 0.134 e. The highest BCUT2D eigenvalue weighted by atomic mass is 16.5. The second-order valence-corrected chi connectivity index (χ2v) is 12.8. The maximum Gasteiger partial charge on any atom is 0.134 e. The number of hydrogen-bond acceptors (Lipinski definition) is 1. The molecular weight excluding hydrogens is 571 g/mol. The summed E-state index contributed by atoms with van der Waals surface area (Å²) in [6.45, 7) is 0. The molecule has 1 aliphatic heterocycles. The van der Waals surface area contributed by atoms with Gasteiger partial charge in [0.05, 0.1) is 22.1 Å². The maximum atomic E-state index is 6.95. The normalized spacial score (nSPS) is 13.9. The number of rotatable bonds is 1. The Kier molecular flexibility index (Phi) is 4.80. The van der Waals surface area contributed by atoms with Gasteiger partial charge in [0.15, 0.2) is 0 Å². The van der Waals surface area contributed by atoms with Gasteiger partial charge in [-0.2, -0.15) is 0 Å². The van der Waals surface area contributed by atoms with Crippen LogP contribution in [0.1, 0.15) is 22.3 Å². The topological polar surface area (TPSA) is 14.2 Å². The highest BCUT2D eigenvalue weighted by Gasteiger charge is 2.51. The summed E-state index contributed by atoms with van der Waals surface area (Å²) in [6, 6.07) is 59.9. The lowest BCUT2D eigenvalue weighted by Gasteiger charge is -2.39. The Hall–Kier alpha value is -6.12. The van der Waals surface area contributed by atoms with Gasteiger partial charge in [0.25, 0.3) is 0 Å². The molecule has 1 aliphatic carbocycles. The monoisotopic (exact) mass is 597 g/mol. The first kappa shape index (κ1) is 25.1. The van der Waals surface area contributed by atoms with Gasteiger partial charge >= 0.3 is 0 Å². The van der Waals surface area contributed by atoms with E-state index >= 15 is 0 Å². The van der Waals surface area contributed by atoms with E-state index in [1.807, 2.05) is 0 Å². The summed E-state index contributed by atoms with van der Waals surface area (Å²) in [5, 5.41) is 7.38. The average molecular weight is 598 g/mol. The Morgan fingerprint density at radius 2 is 1.02 bits per heavy atom. The third kappa shape index (κ3) is 3.10. The van der Waals surface area contributed by atoms with Gasteiger partial charge in [-0.05, 0) is 51.2 Å². The highest BCUT2D eigenvalue weighted by Crippen LogP contribution is 2.62. The van der Waals surface area contributed by atoms with E-state index < -0.39 is 5.41 Å². The molecule has 47 heavy (non-hydrogen) atoms. The van der Waals surface area contributed by atoms with Crippen molar-refractivity contribution in [3.8, 4) is 28.3 Å². The minimum Gasteiger partial charge on any atom is -0.457 e. The Balaban J connectivity index is 1.35. The second-order valence-electron chi connectivity index (χ2n) is 12.8. The highest BCUT2D eigenvalue weighted by molar-refractivity contribution is 6.20. The fourth-order valence-corrected chi connectivity index (χ4v) is 8.78. The zero-order valence-electron chi connectivity index (χ0n) is 25.4. The third-order valence-electron chi connectivity index (χ3n) is 10.6. The first-order valence-electron chi connectivity index (χ1n) is 16.3. The van der Waals surface area contributed by atoms with E-state index in [4.69, 9.17) is 4.74 Å².